The van der Waals surface area contributed by atoms with Gasteiger partial charge >= 0.3 is 0 Å². The number of hydrogen-bond donors (Lipinski definition) is 1. The zero-order chi connectivity index (χ0) is 35.3. The number of ketones is 1. The SMILES string of the molecule is CCCC(C)c1ccc(C(C)CCC)c(C=C(O)C(=O)c2c(C(C)CCC)c(C(C)CCC)cc(C(C)CCC)c2C(C)CCC)c1. The summed E-state index contributed by atoms with van der Waals surface area (Å²) in [6, 6.07) is 9.28. The number of aliphatic hydroxyl groups excluding tert-OH is 1. The third-order valence-corrected chi connectivity index (χ3v) is 10.8. The maximum absolute atomic E-state index is 15.1. The van der Waals surface area contributed by atoms with Gasteiger partial charge in [0.1, 0.15) is 0 Å². The highest BCUT2D eigenvalue weighted by atomic mass is 16.3. The second-order valence-electron chi connectivity index (χ2n) is 15.1. The summed E-state index contributed by atoms with van der Waals surface area (Å²) in [5.74, 6) is 1.68. The minimum absolute atomic E-state index is 0.112. The molecule has 0 aliphatic carbocycles. The van der Waals surface area contributed by atoms with Crippen LogP contribution >= 0.6 is 0 Å². The average Bonchev–Trinajstić information content (AvgIpc) is 3.03. The van der Waals surface area contributed by atoms with E-state index in [1.165, 1.54) is 33.4 Å². The molecule has 0 spiro atoms. The van der Waals surface area contributed by atoms with E-state index in [0.717, 1.165) is 88.2 Å². The first-order chi connectivity index (χ1) is 22.4. The summed E-state index contributed by atoms with van der Waals surface area (Å²) in [4.78, 5) is 15.1. The lowest BCUT2D eigenvalue weighted by atomic mass is 9.72. The number of benzene rings is 2. The maximum atomic E-state index is 15.1. The number of rotatable bonds is 21. The van der Waals surface area contributed by atoms with Gasteiger partial charge < -0.3 is 5.11 Å². The van der Waals surface area contributed by atoms with E-state index in [4.69, 9.17) is 0 Å². The smallest absolute Gasteiger partial charge is 0.227 e. The van der Waals surface area contributed by atoms with E-state index in [2.05, 4.69) is 107 Å². The van der Waals surface area contributed by atoms with Gasteiger partial charge in [-0.25, -0.2) is 0 Å². The van der Waals surface area contributed by atoms with Gasteiger partial charge in [0.05, 0.1) is 0 Å². The van der Waals surface area contributed by atoms with Gasteiger partial charge in [-0.3, -0.25) is 4.79 Å². The fourth-order valence-electron chi connectivity index (χ4n) is 8.21. The summed E-state index contributed by atoms with van der Waals surface area (Å²) in [5, 5.41) is 12.0. The third-order valence-electron chi connectivity index (χ3n) is 10.8. The lowest BCUT2D eigenvalue weighted by molar-refractivity contribution is 0.0977. The topological polar surface area (TPSA) is 37.3 Å². The highest BCUT2D eigenvalue weighted by molar-refractivity contribution is 6.12. The van der Waals surface area contributed by atoms with E-state index in [0.29, 0.717) is 23.7 Å². The molecule has 0 aromatic heterocycles. The van der Waals surface area contributed by atoms with Crippen LogP contribution in [-0.2, 0) is 0 Å². The van der Waals surface area contributed by atoms with E-state index in [-0.39, 0.29) is 23.4 Å². The van der Waals surface area contributed by atoms with Crippen molar-refractivity contribution in [1.29, 1.82) is 0 Å². The van der Waals surface area contributed by atoms with Crippen molar-refractivity contribution in [2.75, 3.05) is 0 Å². The highest BCUT2D eigenvalue weighted by Crippen LogP contribution is 2.44. The predicted molar refractivity (Wildman–Crippen MR) is 208 cm³/mol. The third kappa shape index (κ3) is 10.6. The number of allylic oxidation sites excluding steroid dienone is 1. The summed E-state index contributed by atoms with van der Waals surface area (Å²) < 4.78 is 0. The molecule has 6 atom stereocenters. The Hall–Kier alpha value is -2.35. The zero-order valence-corrected chi connectivity index (χ0v) is 32.7. The van der Waals surface area contributed by atoms with Crippen molar-refractivity contribution < 1.29 is 9.90 Å². The van der Waals surface area contributed by atoms with Crippen LogP contribution in [0.2, 0.25) is 0 Å². The van der Waals surface area contributed by atoms with Crippen LogP contribution < -0.4 is 0 Å². The molecule has 2 aromatic rings. The molecule has 2 nitrogen and oxygen atoms in total. The molecule has 264 valence electrons. The maximum Gasteiger partial charge on any atom is 0.227 e. The van der Waals surface area contributed by atoms with Crippen LogP contribution in [0.25, 0.3) is 6.08 Å². The molecule has 0 amide bonds. The second kappa shape index (κ2) is 20.2. The van der Waals surface area contributed by atoms with Crippen LogP contribution in [0.5, 0.6) is 0 Å². The molecule has 0 aliphatic rings. The summed E-state index contributed by atoms with van der Waals surface area (Å²) >= 11 is 0. The van der Waals surface area contributed by atoms with Gasteiger partial charge in [-0.05, 0) is 119 Å². The molecule has 0 bridgehead atoms. The van der Waals surface area contributed by atoms with E-state index >= 15 is 4.79 Å². The predicted octanol–water partition coefficient (Wildman–Crippen LogP) is 14.9. The zero-order valence-electron chi connectivity index (χ0n) is 32.7. The van der Waals surface area contributed by atoms with E-state index in [9.17, 15) is 5.11 Å². The summed E-state index contributed by atoms with van der Waals surface area (Å²) in [7, 11) is 0. The lowest BCUT2D eigenvalue weighted by Crippen LogP contribution is -2.20. The Labute approximate surface area is 291 Å². The summed E-state index contributed by atoms with van der Waals surface area (Å²) in [6.07, 6.45) is 14.8. The molecule has 47 heavy (non-hydrogen) atoms. The Morgan fingerprint density at radius 3 is 1.36 bits per heavy atom. The Morgan fingerprint density at radius 1 is 0.553 bits per heavy atom. The number of aliphatic hydroxyl groups is 1. The van der Waals surface area contributed by atoms with E-state index in [1.54, 1.807) is 0 Å². The van der Waals surface area contributed by atoms with Crippen molar-refractivity contribution in [2.45, 2.75) is 196 Å². The van der Waals surface area contributed by atoms with Gasteiger partial charge in [0, 0.05) is 5.56 Å². The molecule has 2 rings (SSSR count). The van der Waals surface area contributed by atoms with Gasteiger partial charge in [0.2, 0.25) is 5.78 Å². The molecule has 0 radical (unpaired) electrons. The summed E-state index contributed by atoms with van der Waals surface area (Å²) in [5.41, 5.74) is 9.40. The van der Waals surface area contributed by atoms with E-state index < -0.39 is 0 Å². The van der Waals surface area contributed by atoms with Crippen molar-refractivity contribution in [3.8, 4) is 0 Å². The molecule has 0 heterocycles. The van der Waals surface area contributed by atoms with Gasteiger partial charge in [-0.15, -0.1) is 0 Å². The molecule has 0 saturated carbocycles. The van der Waals surface area contributed by atoms with Gasteiger partial charge in [-0.1, -0.05) is 146 Å². The first kappa shape index (κ1) is 40.8. The fraction of sp³-hybridized carbons (Fsp3) is 0.667. The fourth-order valence-corrected chi connectivity index (χ4v) is 8.21. The van der Waals surface area contributed by atoms with Crippen LogP contribution in [0.1, 0.15) is 245 Å². The largest absolute Gasteiger partial charge is 0.504 e. The van der Waals surface area contributed by atoms with Crippen LogP contribution in [0, 0.1) is 0 Å². The average molecular weight is 645 g/mol. The Bertz CT molecular complexity index is 1240. The van der Waals surface area contributed by atoms with Crippen molar-refractivity contribution >= 4 is 11.9 Å². The number of carbonyl (C=O) groups excluding carboxylic acids is 1. The number of hydrogen-bond acceptors (Lipinski definition) is 2. The highest BCUT2D eigenvalue weighted by Gasteiger charge is 2.32. The van der Waals surface area contributed by atoms with E-state index in [1.807, 2.05) is 6.08 Å². The molecular formula is C45H72O2. The van der Waals surface area contributed by atoms with Gasteiger partial charge in [0.25, 0.3) is 0 Å². The molecule has 0 saturated heterocycles. The van der Waals surface area contributed by atoms with Crippen molar-refractivity contribution in [3.05, 3.63) is 74.5 Å². The van der Waals surface area contributed by atoms with Crippen molar-refractivity contribution in [2.24, 2.45) is 0 Å². The quantitative estimate of drug-likeness (QED) is 0.0834. The monoisotopic (exact) mass is 645 g/mol. The van der Waals surface area contributed by atoms with Crippen LogP contribution in [0.15, 0.2) is 30.0 Å². The minimum Gasteiger partial charge on any atom is -0.504 e. The van der Waals surface area contributed by atoms with Crippen molar-refractivity contribution in [1.82, 2.24) is 0 Å². The number of Topliss-reactive ketones (excluding diaryl/α,β-unsaturated/α-hetero) is 1. The molecule has 1 N–H and O–H groups in total. The Morgan fingerprint density at radius 2 is 0.936 bits per heavy atom. The molecule has 6 unspecified atom stereocenters. The summed E-state index contributed by atoms with van der Waals surface area (Å²) in [6.45, 7) is 27.4. The molecular weight excluding hydrogens is 572 g/mol. The number of carbonyl (C=O) groups is 1. The molecule has 2 heteroatoms. The first-order valence-electron chi connectivity index (χ1n) is 19.7. The minimum atomic E-state index is -0.183. The van der Waals surface area contributed by atoms with Crippen LogP contribution in [-0.4, -0.2) is 10.9 Å². The van der Waals surface area contributed by atoms with Crippen LogP contribution in [0.4, 0.5) is 0 Å². The normalized spacial score (nSPS) is 16.0. The molecule has 0 aliphatic heterocycles. The van der Waals surface area contributed by atoms with Gasteiger partial charge in [0.15, 0.2) is 5.76 Å². The van der Waals surface area contributed by atoms with Gasteiger partial charge in [-0.2, -0.15) is 0 Å². The van der Waals surface area contributed by atoms with Crippen molar-refractivity contribution in [3.63, 3.8) is 0 Å². The van der Waals surface area contributed by atoms with Crippen LogP contribution in [0.3, 0.4) is 0 Å². The second-order valence-corrected chi connectivity index (χ2v) is 15.1. The standard InChI is InChI=1S/C45H72O2/c1-13-19-30(7)36-25-26-38(31(8)20-14-2)37(27-36)28-41(46)45(47)44-42(34(11)23-17-5)39(32(9)21-15-3)29-40(33(10)22-16-4)43(44)35(12)24-18-6/h25-35,46H,13-24H2,1-12H3. The Balaban J connectivity index is 3.05. The molecule has 2 aromatic carbocycles. The molecule has 0 fully saturated rings. The Kier molecular flexibility index (Phi) is 17.6. The first-order valence-corrected chi connectivity index (χ1v) is 19.7. The lowest BCUT2D eigenvalue weighted by Gasteiger charge is -2.31.